The number of rotatable bonds is 4. The summed E-state index contributed by atoms with van der Waals surface area (Å²) < 4.78 is 37.3. The van der Waals surface area contributed by atoms with Gasteiger partial charge in [-0.2, -0.15) is 13.2 Å². The molecule has 1 aromatic carbocycles. The van der Waals surface area contributed by atoms with Crippen molar-refractivity contribution in [1.29, 1.82) is 0 Å². The molecule has 0 saturated carbocycles. The Hall–Kier alpha value is -2.09. The summed E-state index contributed by atoms with van der Waals surface area (Å²) in [5.41, 5.74) is 3.81. The Morgan fingerprint density at radius 2 is 1.96 bits per heavy atom. The second kappa shape index (κ2) is 6.80. The molecule has 2 rings (SSSR count). The van der Waals surface area contributed by atoms with Crippen molar-refractivity contribution in [2.75, 3.05) is 13.1 Å². The lowest BCUT2D eigenvalue weighted by molar-refractivity contribution is -0.140. The fraction of sp³-hybridized carbons (Fsp3) is 0.500. The number of halogens is 3. The summed E-state index contributed by atoms with van der Waals surface area (Å²) >= 11 is 0. The summed E-state index contributed by atoms with van der Waals surface area (Å²) in [4.78, 5) is 25.3. The Labute approximate surface area is 137 Å². The predicted molar refractivity (Wildman–Crippen MR) is 80.1 cm³/mol. The normalized spacial score (nSPS) is 21.6. The van der Waals surface area contributed by atoms with Gasteiger partial charge in [0, 0.05) is 18.5 Å². The van der Waals surface area contributed by atoms with Gasteiger partial charge in [-0.05, 0) is 30.9 Å². The van der Waals surface area contributed by atoms with Gasteiger partial charge in [0.15, 0.2) is 5.60 Å². The van der Waals surface area contributed by atoms with E-state index in [9.17, 15) is 27.9 Å². The highest BCUT2D eigenvalue weighted by Gasteiger charge is 2.40. The largest absolute Gasteiger partial charge is 0.389 e. The van der Waals surface area contributed by atoms with Crippen molar-refractivity contribution >= 4 is 11.8 Å². The van der Waals surface area contributed by atoms with Crippen LogP contribution in [0.3, 0.4) is 0 Å². The van der Waals surface area contributed by atoms with E-state index in [1.165, 1.54) is 17.0 Å². The number of benzene rings is 1. The van der Waals surface area contributed by atoms with E-state index in [2.05, 4.69) is 0 Å². The van der Waals surface area contributed by atoms with Crippen molar-refractivity contribution in [3.8, 4) is 0 Å². The summed E-state index contributed by atoms with van der Waals surface area (Å²) in [5.74, 6) is -1.42. The molecule has 0 aliphatic carbocycles. The average Bonchev–Trinajstić information content (AvgIpc) is 2.52. The van der Waals surface area contributed by atoms with Gasteiger partial charge < -0.3 is 15.7 Å². The number of aliphatic hydroxyl groups is 1. The minimum atomic E-state index is -4.31. The Morgan fingerprint density at radius 1 is 1.29 bits per heavy atom. The van der Waals surface area contributed by atoms with Gasteiger partial charge in [-0.15, -0.1) is 0 Å². The predicted octanol–water partition coefficient (Wildman–Crippen LogP) is 1.63. The van der Waals surface area contributed by atoms with Crippen molar-refractivity contribution in [3.63, 3.8) is 0 Å². The van der Waals surface area contributed by atoms with Gasteiger partial charge in [-0.25, -0.2) is 0 Å². The molecule has 8 heteroatoms. The number of likely N-dealkylation sites (tertiary alicyclic amines) is 1. The molecule has 1 aliphatic heterocycles. The molecule has 2 amide bonds. The topological polar surface area (TPSA) is 83.6 Å². The molecule has 1 fully saturated rings. The van der Waals surface area contributed by atoms with Gasteiger partial charge in [0.1, 0.15) is 0 Å². The molecule has 5 nitrogen and oxygen atoms in total. The van der Waals surface area contributed by atoms with Crippen LogP contribution in [0.2, 0.25) is 0 Å². The van der Waals surface area contributed by atoms with E-state index >= 15 is 0 Å². The number of hydrogen-bond donors (Lipinski definition) is 2. The standard InChI is InChI=1S/C16H19F3N2O3/c17-16(18,19)8-6-11-4-1-2-5-12(11)13(22)21-9-3-7-15(24,10-21)14(20)23/h1-2,4-5,24H,3,6-10H2,(H2,20,23). The molecule has 0 aromatic heterocycles. The molecule has 3 N–H and O–H groups in total. The van der Waals surface area contributed by atoms with E-state index in [1.807, 2.05) is 0 Å². The first-order valence-electron chi connectivity index (χ1n) is 7.59. The second-order valence-corrected chi connectivity index (χ2v) is 6.00. The fourth-order valence-corrected chi connectivity index (χ4v) is 2.80. The van der Waals surface area contributed by atoms with E-state index in [0.29, 0.717) is 13.0 Å². The first-order valence-corrected chi connectivity index (χ1v) is 7.59. The first kappa shape index (κ1) is 18.3. The number of carbonyl (C=O) groups is 2. The fourth-order valence-electron chi connectivity index (χ4n) is 2.80. The van der Waals surface area contributed by atoms with Crippen molar-refractivity contribution in [1.82, 2.24) is 4.90 Å². The number of amides is 2. The number of aryl methyl sites for hydroxylation is 1. The third kappa shape index (κ3) is 4.25. The molecular formula is C16H19F3N2O3. The van der Waals surface area contributed by atoms with E-state index in [1.54, 1.807) is 12.1 Å². The van der Waals surface area contributed by atoms with Crippen molar-refractivity contribution < 1.29 is 27.9 Å². The first-order chi connectivity index (χ1) is 11.1. The maximum Gasteiger partial charge on any atom is 0.389 e. The second-order valence-electron chi connectivity index (χ2n) is 6.00. The van der Waals surface area contributed by atoms with Crippen molar-refractivity contribution in [2.45, 2.75) is 37.5 Å². The van der Waals surface area contributed by atoms with Gasteiger partial charge in [-0.3, -0.25) is 9.59 Å². The summed E-state index contributed by atoms with van der Waals surface area (Å²) in [6.07, 6.45) is -5.10. The van der Waals surface area contributed by atoms with Crippen LogP contribution in [0.5, 0.6) is 0 Å². The third-order valence-corrected chi connectivity index (χ3v) is 4.14. The number of β-amino-alcohol motifs (C(OH)–C–C–N with tert-alkyl or cyclic N) is 1. The number of nitrogens with zero attached hydrogens (tertiary/aromatic N) is 1. The van der Waals surface area contributed by atoms with Crippen molar-refractivity contribution in [3.05, 3.63) is 35.4 Å². The SMILES string of the molecule is NC(=O)C1(O)CCCN(C(=O)c2ccccc2CCC(F)(F)F)C1. The van der Waals surface area contributed by atoms with Crippen molar-refractivity contribution in [2.24, 2.45) is 5.73 Å². The summed E-state index contributed by atoms with van der Waals surface area (Å²) in [5, 5.41) is 10.2. The Bertz CT molecular complexity index is 633. The van der Waals surface area contributed by atoms with E-state index in [-0.39, 0.29) is 30.5 Å². The molecule has 24 heavy (non-hydrogen) atoms. The van der Waals surface area contributed by atoms with Crippen LogP contribution in [0.4, 0.5) is 13.2 Å². The molecule has 1 atom stereocenters. The number of nitrogens with two attached hydrogens (primary N) is 1. The van der Waals surface area contributed by atoms with Gasteiger partial charge in [0.05, 0.1) is 6.54 Å². The summed E-state index contributed by atoms with van der Waals surface area (Å²) in [6, 6.07) is 6.06. The Kier molecular flexibility index (Phi) is 5.17. The van der Waals surface area contributed by atoms with Gasteiger partial charge in [0.2, 0.25) is 0 Å². The zero-order valence-corrected chi connectivity index (χ0v) is 13.0. The maximum absolute atomic E-state index is 12.6. The molecule has 0 radical (unpaired) electrons. The Morgan fingerprint density at radius 3 is 2.58 bits per heavy atom. The highest BCUT2D eigenvalue weighted by Crippen LogP contribution is 2.26. The minimum absolute atomic E-state index is 0.149. The van der Waals surface area contributed by atoms with Crippen LogP contribution >= 0.6 is 0 Å². The van der Waals surface area contributed by atoms with E-state index in [0.717, 1.165) is 0 Å². The number of primary amides is 1. The average molecular weight is 344 g/mol. The van der Waals surface area contributed by atoms with Crippen LogP contribution < -0.4 is 5.73 Å². The molecule has 1 saturated heterocycles. The monoisotopic (exact) mass is 344 g/mol. The number of carbonyl (C=O) groups excluding carboxylic acids is 2. The highest BCUT2D eigenvalue weighted by atomic mass is 19.4. The molecule has 1 unspecified atom stereocenters. The molecule has 132 valence electrons. The third-order valence-electron chi connectivity index (χ3n) is 4.14. The van der Waals surface area contributed by atoms with Crippen LogP contribution in [0.1, 0.15) is 35.2 Å². The summed E-state index contributed by atoms with van der Waals surface area (Å²) in [6.45, 7) is 0.0524. The van der Waals surface area contributed by atoms with Gasteiger partial charge in [0.25, 0.3) is 11.8 Å². The minimum Gasteiger partial charge on any atom is -0.378 e. The number of alkyl halides is 3. The quantitative estimate of drug-likeness (QED) is 0.871. The van der Waals surface area contributed by atoms with Crippen LogP contribution in [0.25, 0.3) is 0 Å². The molecule has 1 aliphatic rings. The molecule has 1 aromatic rings. The van der Waals surface area contributed by atoms with Crippen LogP contribution in [0.15, 0.2) is 24.3 Å². The lowest BCUT2D eigenvalue weighted by Crippen LogP contribution is -2.57. The van der Waals surface area contributed by atoms with Crippen LogP contribution in [0, 0.1) is 0 Å². The molecular weight excluding hydrogens is 325 g/mol. The highest BCUT2D eigenvalue weighted by molar-refractivity contribution is 5.96. The summed E-state index contributed by atoms with van der Waals surface area (Å²) in [7, 11) is 0. The molecule has 0 bridgehead atoms. The molecule has 1 heterocycles. The molecule has 0 spiro atoms. The van der Waals surface area contributed by atoms with E-state index < -0.39 is 30.0 Å². The van der Waals surface area contributed by atoms with Gasteiger partial charge >= 0.3 is 6.18 Å². The van der Waals surface area contributed by atoms with E-state index in [4.69, 9.17) is 5.73 Å². The maximum atomic E-state index is 12.6. The van der Waals surface area contributed by atoms with Gasteiger partial charge in [-0.1, -0.05) is 18.2 Å². The number of piperidine rings is 1. The lowest BCUT2D eigenvalue weighted by Gasteiger charge is -2.37. The Balaban J connectivity index is 2.19. The number of hydrogen-bond acceptors (Lipinski definition) is 3. The zero-order chi connectivity index (χ0) is 18.0. The smallest absolute Gasteiger partial charge is 0.378 e. The van der Waals surface area contributed by atoms with Crippen LogP contribution in [-0.4, -0.2) is 46.7 Å². The van der Waals surface area contributed by atoms with Crippen LogP contribution in [-0.2, 0) is 11.2 Å². The lowest BCUT2D eigenvalue weighted by atomic mass is 9.91. The zero-order valence-electron chi connectivity index (χ0n) is 13.0.